The number of thiazole rings is 1. The van der Waals surface area contributed by atoms with Gasteiger partial charge >= 0.3 is 0 Å². The van der Waals surface area contributed by atoms with Crippen LogP contribution in [-0.4, -0.2) is 32.9 Å². The summed E-state index contributed by atoms with van der Waals surface area (Å²) in [6.07, 6.45) is 4.92. The fourth-order valence-corrected chi connectivity index (χ4v) is 3.69. The molecule has 4 rings (SSSR count). The maximum absolute atomic E-state index is 4.80. The lowest BCUT2D eigenvalue weighted by Gasteiger charge is -2.30. The van der Waals surface area contributed by atoms with Gasteiger partial charge in [0.05, 0.1) is 10.6 Å². The van der Waals surface area contributed by atoms with Gasteiger partial charge in [0, 0.05) is 18.9 Å². The van der Waals surface area contributed by atoms with Crippen molar-refractivity contribution in [3.63, 3.8) is 0 Å². The van der Waals surface area contributed by atoms with Gasteiger partial charge in [-0.25, -0.2) is 9.97 Å². The van der Waals surface area contributed by atoms with E-state index in [0.29, 0.717) is 0 Å². The molecule has 1 N–H and O–H groups in total. The average molecular weight is 337 g/mol. The Labute approximate surface area is 145 Å². The summed E-state index contributed by atoms with van der Waals surface area (Å²) in [5.41, 5.74) is 3.08. The molecule has 0 atom stereocenters. The standard InChI is InChI=1S/C18H19N5S/c1-13-6-8-20-16(11-13)21-18-22-17(14-5-2-3-7-19-14)15(24-18)12-23-9-4-10-23/h2-3,5-8,11H,4,9-10,12H2,1H3,(H,20,21,22). The number of anilines is 2. The van der Waals surface area contributed by atoms with Crippen LogP contribution in [-0.2, 0) is 6.54 Å². The second kappa shape index (κ2) is 6.67. The van der Waals surface area contributed by atoms with E-state index in [1.807, 2.05) is 42.7 Å². The maximum Gasteiger partial charge on any atom is 0.189 e. The molecule has 24 heavy (non-hydrogen) atoms. The molecule has 6 heteroatoms. The predicted molar refractivity (Wildman–Crippen MR) is 97.5 cm³/mol. The van der Waals surface area contributed by atoms with Gasteiger partial charge in [-0.2, -0.15) is 0 Å². The van der Waals surface area contributed by atoms with Gasteiger partial charge < -0.3 is 5.32 Å². The van der Waals surface area contributed by atoms with E-state index in [9.17, 15) is 0 Å². The van der Waals surface area contributed by atoms with Crippen LogP contribution < -0.4 is 5.32 Å². The number of aromatic nitrogens is 3. The molecule has 3 aromatic heterocycles. The fourth-order valence-electron chi connectivity index (χ4n) is 2.67. The van der Waals surface area contributed by atoms with E-state index in [-0.39, 0.29) is 0 Å². The Morgan fingerprint density at radius 3 is 2.79 bits per heavy atom. The van der Waals surface area contributed by atoms with Crippen molar-refractivity contribution in [3.8, 4) is 11.4 Å². The topological polar surface area (TPSA) is 53.9 Å². The highest BCUT2D eigenvalue weighted by atomic mass is 32.1. The minimum atomic E-state index is 0.826. The number of rotatable bonds is 5. The minimum Gasteiger partial charge on any atom is -0.316 e. The molecule has 0 saturated carbocycles. The van der Waals surface area contributed by atoms with Crippen LogP contribution >= 0.6 is 11.3 Å². The summed E-state index contributed by atoms with van der Waals surface area (Å²) >= 11 is 1.69. The molecule has 0 aliphatic carbocycles. The summed E-state index contributed by atoms with van der Waals surface area (Å²) in [5, 5.41) is 4.20. The zero-order valence-corrected chi connectivity index (χ0v) is 14.4. The van der Waals surface area contributed by atoms with Gasteiger partial charge in [0.2, 0.25) is 0 Å². The molecule has 0 aromatic carbocycles. The number of aryl methyl sites for hydroxylation is 1. The van der Waals surface area contributed by atoms with Gasteiger partial charge in [-0.05, 0) is 56.3 Å². The highest BCUT2D eigenvalue weighted by Crippen LogP contribution is 2.33. The largest absolute Gasteiger partial charge is 0.316 e. The van der Waals surface area contributed by atoms with Crippen LogP contribution in [0.15, 0.2) is 42.7 Å². The van der Waals surface area contributed by atoms with Crippen molar-refractivity contribution >= 4 is 22.3 Å². The third-order valence-corrected chi connectivity index (χ3v) is 5.03. The first-order valence-corrected chi connectivity index (χ1v) is 8.93. The van der Waals surface area contributed by atoms with E-state index >= 15 is 0 Å². The lowest BCUT2D eigenvalue weighted by Crippen LogP contribution is -2.36. The van der Waals surface area contributed by atoms with Crippen molar-refractivity contribution in [3.05, 3.63) is 53.2 Å². The van der Waals surface area contributed by atoms with E-state index in [1.54, 1.807) is 11.3 Å². The third kappa shape index (κ3) is 3.29. The van der Waals surface area contributed by atoms with Crippen molar-refractivity contribution in [2.45, 2.75) is 19.9 Å². The van der Waals surface area contributed by atoms with Gasteiger partial charge in [-0.15, -0.1) is 0 Å². The van der Waals surface area contributed by atoms with Crippen LogP contribution in [0, 0.1) is 6.92 Å². The van der Waals surface area contributed by atoms with E-state index < -0.39 is 0 Å². The summed E-state index contributed by atoms with van der Waals surface area (Å²) in [4.78, 5) is 17.3. The summed E-state index contributed by atoms with van der Waals surface area (Å²) < 4.78 is 0. The normalized spacial score (nSPS) is 14.4. The van der Waals surface area contributed by atoms with E-state index in [2.05, 4.69) is 27.1 Å². The minimum absolute atomic E-state index is 0.826. The van der Waals surface area contributed by atoms with Gasteiger partial charge in [-0.3, -0.25) is 9.88 Å². The van der Waals surface area contributed by atoms with Crippen LogP contribution in [0.2, 0.25) is 0 Å². The van der Waals surface area contributed by atoms with Crippen LogP contribution in [0.25, 0.3) is 11.4 Å². The van der Waals surface area contributed by atoms with Crippen LogP contribution in [0.5, 0.6) is 0 Å². The van der Waals surface area contributed by atoms with E-state index in [4.69, 9.17) is 4.98 Å². The molecule has 3 aromatic rings. The Hall–Kier alpha value is -2.31. The Morgan fingerprint density at radius 2 is 2.08 bits per heavy atom. The molecule has 122 valence electrons. The van der Waals surface area contributed by atoms with Crippen molar-refractivity contribution < 1.29 is 0 Å². The van der Waals surface area contributed by atoms with Crippen molar-refractivity contribution in [1.82, 2.24) is 19.9 Å². The maximum atomic E-state index is 4.80. The second-order valence-corrected chi connectivity index (χ2v) is 7.06. The summed E-state index contributed by atoms with van der Waals surface area (Å²) in [7, 11) is 0. The van der Waals surface area contributed by atoms with Gasteiger partial charge in [0.25, 0.3) is 0 Å². The Balaban J connectivity index is 1.65. The molecule has 0 radical (unpaired) electrons. The number of nitrogens with zero attached hydrogens (tertiary/aromatic N) is 4. The molecule has 1 aliphatic heterocycles. The lowest BCUT2D eigenvalue weighted by atomic mass is 10.2. The first-order chi connectivity index (χ1) is 11.8. The number of nitrogens with one attached hydrogen (secondary N) is 1. The summed E-state index contributed by atoms with van der Waals surface area (Å²) in [6.45, 7) is 5.33. The SMILES string of the molecule is Cc1ccnc(Nc2nc(-c3ccccn3)c(CN3CCC3)s2)c1. The molecule has 1 fully saturated rings. The summed E-state index contributed by atoms with van der Waals surface area (Å²) in [6, 6.07) is 9.97. The lowest BCUT2D eigenvalue weighted by molar-refractivity contribution is 0.174. The highest BCUT2D eigenvalue weighted by molar-refractivity contribution is 7.16. The van der Waals surface area contributed by atoms with Crippen LogP contribution in [0.1, 0.15) is 16.9 Å². The van der Waals surface area contributed by atoms with E-state index in [0.717, 1.165) is 28.9 Å². The Morgan fingerprint density at radius 1 is 1.17 bits per heavy atom. The molecule has 0 bridgehead atoms. The molecule has 0 unspecified atom stereocenters. The average Bonchev–Trinajstić information content (AvgIpc) is 2.94. The van der Waals surface area contributed by atoms with Crippen LogP contribution in [0.4, 0.5) is 10.9 Å². The Kier molecular flexibility index (Phi) is 4.23. The molecule has 1 aliphatic rings. The number of pyridine rings is 2. The predicted octanol–water partition coefficient (Wildman–Crippen LogP) is 3.86. The monoisotopic (exact) mass is 337 g/mol. The van der Waals surface area contributed by atoms with Crippen molar-refractivity contribution in [2.75, 3.05) is 18.4 Å². The molecule has 1 saturated heterocycles. The highest BCUT2D eigenvalue weighted by Gasteiger charge is 2.20. The molecular weight excluding hydrogens is 318 g/mol. The third-order valence-electron chi connectivity index (χ3n) is 4.07. The zero-order chi connectivity index (χ0) is 16.4. The van der Waals surface area contributed by atoms with Gasteiger partial charge in [0.1, 0.15) is 11.5 Å². The zero-order valence-electron chi connectivity index (χ0n) is 13.6. The first-order valence-electron chi connectivity index (χ1n) is 8.11. The van der Waals surface area contributed by atoms with Crippen molar-refractivity contribution in [1.29, 1.82) is 0 Å². The number of hydrogen-bond donors (Lipinski definition) is 1. The smallest absolute Gasteiger partial charge is 0.189 e. The molecule has 4 heterocycles. The van der Waals surface area contributed by atoms with Crippen molar-refractivity contribution in [2.24, 2.45) is 0 Å². The molecule has 5 nitrogen and oxygen atoms in total. The quantitative estimate of drug-likeness (QED) is 0.766. The van der Waals surface area contributed by atoms with Gasteiger partial charge in [-0.1, -0.05) is 17.4 Å². The summed E-state index contributed by atoms with van der Waals surface area (Å²) in [5.74, 6) is 0.826. The number of likely N-dealkylation sites (tertiary alicyclic amines) is 1. The fraction of sp³-hybridized carbons (Fsp3) is 0.278. The molecular formula is C18H19N5S. The Bertz CT molecular complexity index is 826. The number of hydrogen-bond acceptors (Lipinski definition) is 6. The second-order valence-electron chi connectivity index (χ2n) is 5.98. The molecule has 0 amide bonds. The van der Waals surface area contributed by atoms with E-state index in [1.165, 1.54) is 30.0 Å². The van der Waals surface area contributed by atoms with Crippen LogP contribution in [0.3, 0.4) is 0 Å². The van der Waals surface area contributed by atoms with Gasteiger partial charge in [0.15, 0.2) is 5.13 Å². The first kappa shape index (κ1) is 15.2. The molecule has 0 spiro atoms.